The number of amides is 2. The van der Waals surface area contributed by atoms with Crippen molar-refractivity contribution in [2.75, 3.05) is 20.3 Å². The van der Waals surface area contributed by atoms with E-state index in [2.05, 4.69) is 5.32 Å². The molecule has 1 fully saturated rings. The van der Waals surface area contributed by atoms with Gasteiger partial charge in [0.15, 0.2) is 0 Å². The maximum absolute atomic E-state index is 14.4. The second kappa shape index (κ2) is 13.4. The zero-order valence-electron chi connectivity index (χ0n) is 21.3. The first-order chi connectivity index (χ1) is 17.3. The van der Waals surface area contributed by atoms with E-state index in [0.717, 1.165) is 12.0 Å². The predicted molar refractivity (Wildman–Crippen MR) is 135 cm³/mol. The van der Waals surface area contributed by atoms with Gasteiger partial charge >= 0.3 is 0 Å². The number of methoxy groups -OCH3 is 1. The zero-order valence-corrected chi connectivity index (χ0v) is 21.3. The molecule has 8 heteroatoms. The lowest BCUT2D eigenvalue weighted by molar-refractivity contribution is -0.145. The molecular weight excluding hydrogens is 463 g/mol. The normalized spacial score (nSPS) is 18.4. The molecule has 1 aliphatic heterocycles. The molecule has 196 valence electrons. The van der Waals surface area contributed by atoms with Crippen LogP contribution in [-0.2, 0) is 27.3 Å². The molecule has 0 radical (unpaired) electrons. The monoisotopic (exact) mass is 500 g/mol. The Labute approximate surface area is 212 Å². The summed E-state index contributed by atoms with van der Waals surface area (Å²) in [6.45, 7) is 4.74. The molecule has 1 aliphatic rings. The number of halogens is 1. The predicted octanol–water partition coefficient (Wildman–Crippen LogP) is 3.48. The van der Waals surface area contributed by atoms with Crippen LogP contribution >= 0.6 is 0 Å². The van der Waals surface area contributed by atoms with Crippen molar-refractivity contribution < 1.29 is 28.6 Å². The van der Waals surface area contributed by atoms with Crippen molar-refractivity contribution in [2.45, 2.75) is 64.3 Å². The fourth-order valence-electron chi connectivity index (χ4n) is 4.58. The van der Waals surface area contributed by atoms with E-state index in [1.54, 1.807) is 18.1 Å². The van der Waals surface area contributed by atoms with E-state index in [9.17, 15) is 19.1 Å². The second-order valence-corrected chi connectivity index (χ2v) is 9.47. The lowest BCUT2D eigenvalue weighted by Crippen LogP contribution is -2.53. The molecule has 2 N–H and O–H groups in total. The lowest BCUT2D eigenvalue weighted by Gasteiger charge is -2.37. The summed E-state index contributed by atoms with van der Waals surface area (Å²) in [5, 5.41) is 14.0. The molecule has 1 heterocycles. The van der Waals surface area contributed by atoms with E-state index < -0.39 is 23.9 Å². The Morgan fingerprint density at radius 3 is 2.67 bits per heavy atom. The molecule has 7 nitrogen and oxygen atoms in total. The summed E-state index contributed by atoms with van der Waals surface area (Å²) in [6.07, 6.45) is 0.994. The smallest absolute Gasteiger partial charge is 0.228 e. The standard InChI is InChI=1S/C28H37FN2O5/c1-19(35-3)11-13-36-24-15-22(14-23(29)17-24)16-26(30-20(2)32)27(33)25-10-7-12-31(28(25)34)18-21-8-5-4-6-9-21/h4-6,8-9,14-15,17,19,25-27,33H,7,10-13,16,18H2,1-3H3,(H,30,32)/t19?,25-,26-,27+/m0/s1. The van der Waals surface area contributed by atoms with Crippen LogP contribution in [0.15, 0.2) is 48.5 Å². The third-order valence-electron chi connectivity index (χ3n) is 6.58. The van der Waals surface area contributed by atoms with Gasteiger partial charge in [0, 0.05) is 39.6 Å². The third kappa shape index (κ3) is 8.03. The van der Waals surface area contributed by atoms with Crippen molar-refractivity contribution in [3.8, 4) is 5.75 Å². The third-order valence-corrected chi connectivity index (χ3v) is 6.58. The summed E-state index contributed by atoms with van der Waals surface area (Å²) in [7, 11) is 1.62. The van der Waals surface area contributed by atoms with Crippen LogP contribution < -0.4 is 10.1 Å². The van der Waals surface area contributed by atoms with E-state index >= 15 is 0 Å². The van der Waals surface area contributed by atoms with Crippen molar-refractivity contribution in [1.29, 1.82) is 0 Å². The molecule has 0 aromatic heterocycles. The Hall–Kier alpha value is -2.97. The van der Waals surface area contributed by atoms with Crippen LogP contribution in [0.1, 0.15) is 44.2 Å². The Balaban J connectivity index is 1.71. The fourth-order valence-corrected chi connectivity index (χ4v) is 4.58. The maximum Gasteiger partial charge on any atom is 0.228 e. The molecule has 2 aromatic rings. The van der Waals surface area contributed by atoms with Gasteiger partial charge in [-0.05, 0) is 49.4 Å². The van der Waals surface area contributed by atoms with E-state index in [-0.39, 0.29) is 24.3 Å². The topological polar surface area (TPSA) is 88.1 Å². The zero-order chi connectivity index (χ0) is 26.1. The van der Waals surface area contributed by atoms with Gasteiger partial charge in [-0.3, -0.25) is 9.59 Å². The Morgan fingerprint density at radius 2 is 1.97 bits per heavy atom. The summed E-state index contributed by atoms with van der Waals surface area (Å²) in [5.74, 6) is -1.22. The van der Waals surface area contributed by atoms with Crippen molar-refractivity contribution in [1.82, 2.24) is 10.2 Å². The first-order valence-corrected chi connectivity index (χ1v) is 12.5. The Kier molecular flexibility index (Phi) is 10.3. The Morgan fingerprint density at radius 1 is 1.22 bits per heavy atom. The summed E-state index contributed by atoms with van der Waals surface area (Å²) in [5.41, 5.74) is 1.58. The number of aliphatic hydroxyl groups excluding tert-OH is 1. The van der Waals surface area contributed by atoms with Crippen molar-refractivity contribution in [3.05, 3.63) is 65.5 Å². The van der Waals surface area contributed by atoms with Gasteiger partial charge in [-0.15, -0.1) is 0 Å². The molecule has 3 rings (SSSR count). The summed E-state index contributed by atoms with van der Waals surface area (Å²) in [4.78, 5) is 27.0. The SMILES string of the molecule is COC(C)CCOc1cc(F)cc(C[C@H](NC(C)=O)[C@H](O)[C@@H]2CCCN(Cc3ccccc3)C2=O)c1. The van der Waals surface area contributed by atoms with E-state index in [1.165, 1.54) is 19.1 Å². The molecule has 2 amide bonds. The van der Waals surface area contributed by atoms with Crippen LogP contribution in [0.4, 0.5) is 4.39 Å². The van der Waals surface area contributed by atoms with Crippen molar-refractivity contribution in [3.63, 3.8) is 0 Å². The highest BCUT2D eigenvalue weighted by molar-refractivity contribution is 5.80. The molecule has 1 saturated heterocycles. The number of hydrogen-bond donors (Lipinski definition) is 2. The van der Waals surface area contributed by atoms with Gasteiger partial charge in [0.1, 0.15) is 11.6 Å². The number of ether oxygens (including phenoxy) is 2. The number of carbonyl (C=O) groups excluding carboxylic acids is 2. The summed E-state index contributed by atoms with van der Waals surface area (Å²) >= 11 is 0. The highest BCUT2D eigenvalue weighted by Gasteiger charge is 2.38. The van der Waals surface area contributed by atoms with Gasteiger partial charge < -0.3 is 24.8 Å². The summed E-state index contributed by atoms with van der Waals surface area (Å²) in [6, 6.07) is 13.3. The molecule has 2 aromatic carbocycles. The van der Waals surface area contributed by atoms with Crippen LogP contribution in [0.2, 0.25) is 0 Å². The van der Waals surface area contributed by atoms with Gasteiger partial charge in [0.2, 0.25) is 11.8 Å². The fraction of sp³-hybridized carbons (Fsp3) is 0.500. The van der Waals surface area contributed by atoms with Crippen molar-refractivity contribution >= 4 is 11.8 Å². The van der Waals surface area contributed by atoms with Crippen LogP contribution in [0.25, 0.3) is 0 Å². The molecule has 36 heavy (non-hydrogen) atoms. The van der Waals surface area contributed by atoms with E-state index in [0.29, 0.717) is 43.9 Å². The summed E-state index contributed by atoms with van der Waals surface area (Å²) < 4.78 is 25.3. The van der Waals surface area contributed by atoms with Crippen LogP contribution in [-0.4, -0.2) is 60.3 Å². The van der Waals surface area contributed by atoms with Crippen LogP contribution in [0, 0.1) is 11.7 Å². The second-order valence-electron chi connectivity index (χ2n) is 9.47. The van der Waals surface area contributed by atoms with Crippen LogP contribution in [0.5, 0.6) is 5.75 Å². The van der Waals surface area contributed by atoms with Crippen LogP contribution in [0.3, 0.4) is 0 Å². The number of carbonyl (C=O) groups is 2. The molecular formula is C28H37FN2O5. The largest absolute Gasteiger partial charge is 0.493 e. The van der Waals surface area contributed by atoms with Crippen molar-refractivity contribution in [2.24, 2.45) is 5.92 Å². The number of hydrogen-bond acceptors (Lipinski definition) is 5. The maximum atomic E-state index is 14.4. The molecule has 4 atom stereocenters. The number of nitrogens with one attached hydrogen (secondary N) is 1. The number of benzene rings is 2. The first kappa shape index (κ1) is 27.6. The van der Waals surface area contributed by atoms with Gasteiger partial charge in [0.05, 0.1) is 30.8 Å². The lowest BCUT2D eigenvalue weighted by atomic mass is 9.85. The molecule has 0 saturated carbocycles. The number of aliphatic hydroxyl groups is 1. The van der Waals surface area contributed by atoms with Gasteiger partial charge in [-0.1, -0.05) is 30.3 Å². The number of likely N-dealkylation sites (tertiary alicyclic amines) is 1. The van der Waals surface area contributed by atoms with E-state index in [4.69, 9.17) is 9.47 Å². The minimum Gasteiger partial charge on any atom is -0.493 e. The quantitative estimate of drug-likeness (QED) is 0.466. The molecule has 1 unspecified atom stereocenters. The number of nitrogens with zero attached hydrogens (tertiary/aromatic N) is 1. The van der Waals surface area contributed by atoms with Gasteiger partial charge in [-0.25, -0.2) is 4.39 Å². The first-order valence-electron chi connectivity index (χ1n) is 12.5. The minimum absolute atomic E-state index is 0.0202. The molecule has 0 spiro atoms. The number of rotatable bonds is 12. The molecule has 0 bridgehead atoms. The highest BCUT2D eigenvalue weighted by atomic mass is 19.1. The van der Waals surface area contributed by atoms with E-state index in [1.807, 2.05) is 37.3 Å². The minimum atomic E-state index is -1.12. The van der Waals surface area contributed by atoms with Gasteiger partial charge in [-0.2, -0.15) is 0 Å². The molecule has 0 aliphatic carbocycles. The van der Waals surface area contributed by atoms with Gasteiger partial charge in [0.25, 0.3) is 0 Å². The Bertz CT molecular complexity index is 1000. The number of piperidine rings is 1. The average molecular weight is 501 g/mol. The highest BCUT2D eigenvalue weighted by Crippen LogP contribution is 2.27. The average Bonchev–Trinajstić information content (AvgIpc) is 2.84.